The van der Waals surface area contributed by atoms with E-state index in [9.17, 15) is 0 Å². The van der Waals surface area contributed by atoms with E-state index in [1.807, 2.05) is 6.07 Å². The Hall–Kier alpha value is -1.27. The average Bonchev–Trinajstić information content (AvgIpc) is 2.37. The summed E-state index contributed by atoms with van der Waals surface area (Å²) in [4.78, 5) is 1.55. The third kappa shape index (κ3) is 1.36. The van der Waals surface area contributed by atoms with E-state index in [4.69, 9.17) is 10.4 Å². The lowest BCUT2D eigenvalue weighted by atomic mass is 10.4. The van der Waals surface area contributed by atoms with E-state index < -0.39 is 0 Å². The summed E-state index contributed by atoms with van der Waals surface area (Å²) in [5.41, 5.74) is 0. The molecule has 1 aromatic rings. The van der Waals surface area contributed by atoms with Crippen LogP contribution in [0.3, 0.4) is 0 Å². The van der Waals surface area contributed by atoms with Crippen LogP contribution in [0.4, 0.5) is 0 Å². The lowest BCUT2D eigenvalue weighted by molar-refractivity contribution is 0.478. The SMILES string of the molecule is N#Cc1ccc(C=CO)s1. The molecule has 1 heterocycles. The van der Waals surface area contributed by atoms with Gasteiger partial charge in [0.25, 0.3) is 0 Å². The quantitative estimate of drug-likeness (QED) is 0.625. The Morgan fingerprint density at radius 2 is 2.40 bits per heavy atom. The number of hydrogen-bond acceptors (Lipinski definition) is 3. The van der Waals surface area contributed by atoms with Gasteiger partial charge in [-0.15, -0.1) is 11.3 Å². The van der Waals surface area contributed by atoms with Gasteiger partial charge in [0.1, 0.15) is 10.9 Å². The van der Waals surface area contributed by atoms with Crippen LogP contribution in [0.1, 0.15) is 9.75 Å². The van der Waals surface area contributed by atoms with E-state index in [1.165, 1.54) is 11.3 Å². The second kappa shape index (κ2) is 3.04. The lowest BCUT2D eigenvalue weighted by Gasteiger charge is -1.76. The van der Waals surface area contributed by atoms with Crippen LogP contribution < -0.4 is 0 Å². The molecule has 0 fully saturated rings. The predicted molar refractivity (Wildman–Crippen MR) is 40.7 cm³/mol. The zero-order valence-corrected chi connectivity index (χ0v) is 5.93. The summed E-state index contributed by atoms with van der Waals surface area (Å²) >= 11 is 1.35. The lowest BCUT2D eigenvalue weighted by Crippen LogP contribution is -1.53. The number of aliphatic hydroxyl groups is 1. The van der Waals surface area contributed by atoms with Crippen LogP contribution in [0.15, 0.2) is 18.4 Å². The van der Waals surface area contributed by atoms with Gasteiger partial charge in [-0.2, -0.15) is 5.26 Å². The molecule has 0 amide bonds. The van der Waals surface area contributed by atoms with Crippen molar-refractivity contribution in [1.82, 2.24) is 0 Å². The predicted octanol–water partition coefficient (Wildman–Crippen LogP) is 2.15. The molecule has 1 rings (SSSR count). The Balaban J connectivity index is 2.91. The Kier molecular flexibility index (Phi) is 2.08. The second-order valence-electron chi connectivity index (χ2n) is 1.63. The number of nitrogens with zero attached hydrogens (tertiary/aromatic N) is 1. The summed E-state index contributed by atoms with van der Waals surface area (Å²) in [5.74, 6) is 0. The van der Waals surface area contributed by atoms with Crippen molar-refractivity contribution in [2.75, 3.05) is 0 Å². The monoisotopic (exact) mass is 151 g/mol. The Labute approximate surface area is 62.7 Å². The maximum atomic E-state index is 8.39. The van der Waals surface area contributed by atoms with Gasteiger partial charge in [-0.1, -0.05) is 0 Å². The minimum atomic E-state index is 0.660. The van der Waals surface area contributed by atoms with Crippen LogP contribution in [0.25, 0.3) is 6.08 Å². The molecule has 0 aliphatic rings. The van der Waals surface area contributed by atoms with Gasteiger partial charge < -0.3 is 5.11 Å². The average molecular weight is 151 g/mol. The summed E-state index contributed by atoms with van der Waals surface area (Å²) in [6.07, 6.45) is 2.51. The van der Waals surface area contributed by atoms with E-state index in [0.29, 0.717) is 4.88 Å². The molecule has 0 unspecified atom stereocenters. The molecule has 2 nitrogen and oxygen atoms in total. The number of hydrogen-bond donors (Lipinski definition) is 1. The molecule has 1 N–H and O–H groups in total. The zero-order valence-electron chi connectivity index (χ0n) is 5.11. The van der Waals surface area contributed by atoms with Crippen LogP contribution in [-0.4, -0.2) is 5.11 Å². The maximum Gasteiger partial charge on any atom is 0.110 e. The van der Waals surface area contributed by atoms with Crippen LogP contribution in [-0.2, 0) is 0 Å². The summed E-state index contributed by atoms with van der Waals surface area (Å²) < 4.78 is 0. The number of thiophene rings is 1. The molecular weight excluding hydrogens is 146 g/mol. The summed E-state index contributed by atoms with van der Waals surface area (Å²) in [6, 6.07) is 5.52. The van der Waals surface area contributed by atoms with Gasteiger partial charge in [-0.25, -0.2) is 0 Å². The minimum absolute atomic E-state index is 0.660. The summed E-state index contributed by atoms with van der Waals surface area (Å²) in [5, 5.41) is 16.7. The molecule has 0 atom stereocenters. The molecule has 50 valence electrons. The molecule has 0 spiro atoms. The van der Waals surface area contributed by atoms with Crippen molar-refractivity contribution in [3.8, 4) is 6.07 Å². The van der Waals surface area contributed by atoms with Gasteiger partial charge >= 0.3 is 0 Å². The molecule has 0 aliphatic carbocycles. The van der Waals surface area contributed by atoms with Gasteiger partial charge in [0.05, 0.1) is 6.26 Å². The highest BCUT2D eigenvalue weighted by Gasteiger charge is 1.93. The van der Waals surface area contributed by atoms with Crippen molar-refractivity contribution in [3.63, 3.8) is 0 Å². The van der Waals surface area contributed by atoms with E-state index in [0.717, 1.165) is 11.1 Å². The highest BCUT2D eigenvalue weighted by Crippen LogP contribution is 2.15. The van der Waals surface area contributed by atoms with Crippen molar-refractivity contribution in [2.45, 2.75) is 0 Å². The molecule has 10 heavy (non-hydrogen) atoms. The van der Waals surface area contributed by atoms with Crippen molar-refractivity contribution >= 4 is 17.4 Å². The first-order valence-corrected chi connectivity index (χ1v) is 3.49. The van der Waals surface area contributed by atoms with Gasteiger partial charge in [0, 0.05) is 4.88 Å². The highest BCUT2D eigenvalue weighted by molar-refractivity contribution is 7.13. The fraction of sp³-hybridized carbons (Fsp3) is 0. The summed E-state index contributed by atoms with van der Waals surface area (Å²) in [7, 11) is 0. The molecule has 3 heteroatoms. The van der Waals surface area contributed by atoms with Crippen LogP contribution >= 0.6 is 11.3 Å². The fourth-order valence-corrected chi connectivity index (χ4v) is 1.28. The molecule has 0 aromatic carbocycles. The zero-order chi connectivity index (χ0) is 7.40. The highest BCUT2D eigenvalue weighted by atomic mass is 32.1. The van der Waals surface area contributed by atoms with Crippen molar-refractivity contribution in [1.29, 1.82) is 5.26 Å². The number of rotatable bonds is 1. The first kappa shape index (κ1) is 6.84. The molecule has 0 aliphatic heterocycles. The van der Waals surface area contributed by atoms with E-state index in [1.54, 1.807) is 18.2 Å². The topological polar surface area (TPSA) is 44.0 Å². The molecule has 0 radical (unpaired) electrons. The Morgan fingerprint density at radius 3 is 2.90 bits per heavy atom. The van der Waals surface area contributed by atoms with E-state index in [2.05, 4.69) is 0 Å². The molecule has 0 saturated heterocycles. The number of aliphatic hydroxyl groups excluding tert-OH is 1. The molecule has 0 saturated carbocycles. The van der Waals surface area contributed by atoms with Gasteiger partial charge in [-0.05, 0) is 18.2 Å². The second-order valence-corrected chi connectivity index (χ2v) is 2.74. The smallest absolute Gasteiger partial charge is 0.110 e. The van der Waals surface area contributed by atoms with Crippen molar-refractivity contribution < 1.29 is 5.11 Å². The Bertz CT molecular complexity index is 282. The normalized spacial score (nSPS) is 9.90. The number of nitriles is 1. The fourth-order valence-electron chi connectivity index (χ4n) is 0.576. The van der Waals surface area contributed by atoms with Gasteiger partial charge in [-0.3, -0.25) is 0 Å². The molecule has 1 aromatic heterocycles. The van der Waals surface area contributed by atoms with E-state index >= 15 is 0 Å². The third-order valence-corrected chi connectivity index (χ3v) is 1.93. The first-order valence-electron chi connectivity index (χ1n) is 2.67. The van der Waals surface area contributed by atoms with Crippen LogP contribution in [0, 0.1) is 11.3 Å². The van der Waals surface area contributed by atoms with Gasteiger partial charge in [0.15, 0.2) is 0 Å². The summed E-state index contributed by atoms with van der Waals surface area (Å²) in [6.45, 7) is 0. The first-order chi connectivity index (χ1) is 4.86. The van der Waals surface area contributed by atoms with Crippen LogP contribution in [0.2, 0.25) is 0 Å². The molecule has 0 bridgehead atoms. The standard InChI is InChI=1S/C7H5NOS/c8-5-7-2-1-6(10-7)3-4-9/h1-4,9H. The van der Waals surface area contributed by atoms with Crippen LogP contribution in [0.5, 0.6) is 0 Å². The maximum absolute atomic E-state index is 8.39. The van der Waals surface area contributed by atoms with Gasteiger partial charge in [0.2, 0.25) is 0 Å². The minimum Gasteiger partial charge on any atom is -0.516 e. The van der Waals surface area contributed by atoms with Crippen molar-refractivity contribution in [3.05, 3.63) is 28.1 Å². The molecular formula is C7H5NOS. The largest absolute Gasteiger partial charge is 0.516 e. The Morgan fingerprint density at radius 1 is 1.60 bits per heavy atom. The van der Waals surface area contributed by atoms with E-state index in [-0.39, 0.29) is 0 Å². The third-order valence-electron chi connectivity index (χ3n) is 0.976. The van der Waals surface area contributed by atoms with Crippen molar-refractivity contribution in [2.24, 2.45) is 0 Å².